The SMILES string of the molecule is Cc1ccc(-n2c(N)c(C#N)c3nc4ccccc4nc32)cc1Cl. The number of para-hydroxylation sites is 2. The van der Waals surface area contributed by atoms with E-state index in [0.717, 1.165) is 22.3 Å². The van der Waals surface area contributed by atoms with E-state index in [1.54, 1.807) is 4.57 Å². The summed E-state index contributed by atoms with van der Waals surface area (Å²) in [5.41, 5.74) is 10.8. The lowest BCUT2D eigenvalue weighted by Crippen LogP contribution is -2.02. The van der Waals surface area contributed by atoms with Crippen molar-refractivity contribution in [1.82, 2.24) is 14.5 Å². The summed E-state index contributed by atoms with van der Waals surface area (Å²) in [7, 11) is 0. The van der Waals surface area contributed by atoms with E-state index in [4.69, 9.17) is 17.3 Å². The van der Waals surface area contributed by atoms with Gasteiger partial charge in [0.25, 0.3) is 0 Å². The molecule has 4 rings (SSSR count). The molecule has 2 aromatic carbocycles. The molecule has 0 aliphatic rings. The van der Waals surface area contributed by atoms with Crippen molar-refractivity contribution in [2.24, 2.45) is 0 Å². The van der Waals surface area contributed by atoms with Crippen molar-refractivity contribution in [3.8, 4) is 11.8 Å². The lowest BCUT2D eigenvalue weighted by Gasteiger charge is -2.09. The summed E-state index contributed by atoms with van der Waals surface area (Å²) in [6.07, 6.45) is 0. The molecule has 0 bridgehead atoms. The van der Waals surface area contributed by atoms with Gasteiger partial charge in [-0.15, -0.1) is 0 Å². The van der Waals surface area contributed by atoms with Gasteiger partial charge < -0.3 is 5.73 Å². The summed E-state index contributed by atoms with van der Waals surface area (Å²) in [5, 5.41) is 10.1. The van der Waals surface area contributed by atoms with E-state index in [1.165, 1.54) is 0 Å². The van der Waals surface area contributed by atoms with Gasteiger partial charge in [0.05, 0.1) is 16.7 Å². The van der Waals surface area contributed by atoms with Gasteiger partial charge >= 0.3 is 0 Å². The summed E-state index contributed by atoms with van der Waals surface area (Å²) in [4.78, 5) is 9.24. The molecule has 6 heteroatoms. The van der Waals surface area contributed by atoms with Crippen molar-refractivity contribution < 1.29 is 0 Å². The molecule has 0 radical (unpaired) electrons. The maximum atomic E-state index is 9.51. The smallest absolute Gasteiger partial charge is 0.167 e. The van der Waals surface area contributed by atoms with Gasteiger partial charge in [-0.25, -0.2) is 9.97 Å². The second-order valence-corrected chi connectivity index (χ2v) is 5.93. The van der Waals surface area contributed by atoms with Crippen LogP contribution in [0.5, 0.6) is 0 Å². The largest absolute Gasteiger partial charge is 0.384 e. The highest BCUT2D eigenvalue weighted by molar-refractivity contribution is 6.31. The fraction of sp³-hybridized carbons (Fsp3) is 0.0556. The summed E-state index contributed by atoms with van der Waals surface area (Å²) in [6.45, 7) is 1.93. The lowest BCUT2D eigenvalue weighted by atomic mass is 10.2. The van der Waals surface area contributed by atoms with E-state index in [2.05, 4.69) is 16.0 Å². The van der Waals surface area contributed by atoms with Gasteiger partial charge in [-0.3, -0.25) is 4.57 Å². The van der Waals surface area contributed by atoms with Crippen LogP contribution in [0.1, 0.15) is 11.1 Å². The number of fused-ring (bicyclic) bond motifs is 2. The number of hydrogen-bond donors (Lipinski definition) is 1. The van der Waals surface area contributed by atoms with Crippen LogP contribution in [0.25, 0.3) is 27.9 Å². The number of aromatic nitrogens is 3. The molecule has 24 heavy (non-hydrogen) atoms. The maximum absolute atomic E-state index is 9.51. The van der Waals surface area contributed by atoms with Crippen molar-refractivity contribution in [1.29, 1.82) is 5.26 Å². The predicted molar refractivity (Wildman–Crippen MR) is 95.2 cm³/mol. The molecule has 0 atom stereocenters. The second kappa shape index (κ2) is 5.22. The highest BCUT2D eigenvalue weighted by atomic mass is 35.5. The van der Waals surface area contributed by atoms with Crippen LogP contribution < -0.4 is 5.73 Å². The Kier molecular flexibility index (Phi) is 3.15. The molecule has 4 aromatic rings. The molecule has 0 fully saturated rings. The third-order valence-electron chi connectivity index (χ3n) is 4.02. The van der Waals surface area contributed by atoms with Crippen LogP contribution in [0.3, 0.4) is 0 Å². The minimum Gasteiger partial charge on any atom is -0.384 e. The fourth-order valence-electron chi connectivity index (χ4n) is 2.75. The first-order valence-electron chi connectivity index (χ1n) is 7.33. The zero-order chi connectivity index (χ0) is 16.8. The first-order chi connectivity index (χ1) is 11.6. The molecule has 0 saturated heterocycles. The Morgan fingerprint density at radius 1 is 1.12 bits per heavy atom. The fourth-order valence-corrected chi connectivity index (χ4v) is 2.93. The molecule has 0 aliphatic carbocycles. The van der Waals surface area contributed by atoms with Crippen LogP contribution in [-0.4, -0.2) is 14.5 Å². The second-order valence-electron chi connectivity index (χ2n) is 5.53. The van der Waals surface area contributed by atoms with Crippen molar-refractivity contribution in [2.75, 3.05) is 5.73 Å². The zero-order valence-electron chi connectivity index (χ0n) is 12.8. The van der Waals surface area contributed by atoms with E-state index in [1.807, 2.05) is 49.4 Å². The van der Waals surface area contributed by atoms with Gasteiger partial charge in [0.15, 0.2) is 5.65 Å². The van der Waals surface area contributed by atoms with E-state index in [0.29, 0.717) is 27.6 Å². The average molecular weight is 334 g/mol. The van der Waals surface area contributed by atoms with Crippen LogP contribution in [0, 0.1) is 18.3 Å². The maximum Gasteiger partial charge on any atom is 0.167 e. The number of halogens is 1. The van der Waals surface area contributed by atoms with E-state index in [9.17, 15) is 5.26 Å². The Morgan fingerprint density at radius 3 is 2.50 bits per heavy atom. The minimum atomic E-state index is 0.308. The summed E-state index contributed by atoms with van der Waals surface area (Å²) in [5.74, 6) is 0.308. The van der Waals surface area contributed by atoms with Crippen LogP contribution in [-0.2, 0) is 0 Å². The number of anilines is 1. The number of nitrogens with zero attached hydrogens (tertiary/aromatic N) is 4. The quantitative estimate of drug-likeness (QED) is 0.571. The normalized spacial score (nSPS) is 11.0. The number of aryl methyl sites for hydroxylation is 1. The van der Waals surface area contributed by atoms with Crippen LogP contribution in [0.2, 0.25) is 5.02 Å². The Labute approximate surface area is 142 Å². The molecule has 2 aromatic heterocycles. The molecule has 2 N–H and O–H groups in total. The van der Waals surface area contributed by atoms with Gasteiger partial charge in [-0.2, -0.15) is 5.26 Å². The van der Waals surface area contributed by atoms with Gasteiger partial charge in [-0.1, -0.05) is 29.8 Å². The summed E-state index contributed by atoms with van der Waals surface area (Å²) < 4.78 is 1.72. The topological polar surface area (TPSA) is 80.5 Å². The van der Waals surface area contributed by atoms with Gasteiger partial charge in [-0.05, 0) is 36.8 Å². The minimum absolute atomic E-state index is 0.308. The van der Waals surface area contributed by atoms with Crippen LogP contribution >= 0.6 is 11.6 Å². The third kappa shape index (κ3) is 2.01. The van der Waals surface area contributed by atoms with Crippen molar-refractivity contribution in [3.05, 3.63) is 58.6 Å². The standard InChI is InChI=1S/C18H12ClN5/c1-10-6-7-11(8-13(10)19)24-17(21)12(9-20)16-18(24)23-15-5-3-2-4-14(15)22-16/h2-8H,21H2,1H3. The molecule has 0 spiro atoms. The van der Waals surface area contributed by atoms with Gasteiger partial charge in [0.1, 0.15) is 23.0 Å². The summed E-state index contributed by atoms with van der Waals surface area (Å²) in [6, 6.07) is 15.3. The molecule has 5 nitrogen and oxygen atoms in total. The number of nitrogen functional groups attached to an aromatic ring is 1. The molecule has 0 saturated carbocycles. The summed E-state index contributed by atoms with van der Waals surface area (Å²) >= 11 is 6.25. The third-order valence-corrected chi connectivity index (χ3v) is 4.43. The Hall–Kier alpha value is -3.10. The zero-order valence-corrected chi connectivity index (χ0v) is 13.5. The van der Waals surface area contributed by atoms with Gasteiger partial charge in [0.2, 0.25) is 0 Å². The van der Waals surface area contributed by atoms with Crippen molar-refractivity contribution in [3.63, 3.8) is 0 Å². The Morgan fingerprint density at radius 2 is 1.83 bits per heavy atom. The van der Waals surface area contributed by atoms with E-state index in [-0.39, 0.29) is 0 Å². The lowest BCUT2D eigenvalue weighted by molar-refractivity contribution is 1.10. The molecule has 116 valence electrons. The number of nitrogens with two attached hydrogens (primary N) is 1. The van der Waals surface area contributed by atoms with E-state index >= 15 is 0 Å². The highest BCUT2D eigenvalue weighted by Crippen LogP contribution is 2.31. The predicted octanol–water partition coefficient (Wildman–Crippen LogP) is 3.99. The molecule has 2 heterocycles. The number of rotatable bonds is 1. The Bertz CT molecular complexity index is 1150. The van der Waals surface area contributed by atoms with E-state index < -0.39 is 0 Å². The monoisotopic (exact) mass is 333 g/mol. The highest BCUT2D eigenvalue weighted by Gasteiger charge is 2.19. The van der Waals surface area contributed by atoms with Crippen LogP contribution in [0.4, 0.5) is 5.82 Å². The molecule has 0 amide bonds. The molecule has 0 unspecified atom stereocenters. The number of benzene rings is 2. The Balaban J connectivity index is 2.14. The first-order valence-corrected chi connectivity index (χ1v) is 7.71. The molecular formula is C18H12ClN5. The van der Waals surface area contributed by atoms with Crippen molar-refractivity contribution in [2.45, 2.75) is 6.92 Å². The van der Waals surface area contributed by atoms with Crippen molar-refractivity contribution >= 4 is 39.6 Å². The van der Waals surface area contributed by atoms with Crippen LogP contribution in [0.15, 0.2) is 42.5 Å². The number of nitriles is 1. The molecule has 0 aliphatic heterocycles. The first kappa shape index (κ1) is 14.5. The number of hydrogen-bond acceptors (Lipinski definition) is 4. The molecular weight excluding hydrogens is 322 g/mol. The average Bonchev–Trinajstić information content (AvgIpc) is 2.85. The van der Waals surface area contributed by atoms with Gasteiger partial charge in [0, 0.05) is 5.02 Å².